The minimum atomic E-state index is 0. The smallest absolute Gasteiger partial charge is 0.225 e. The van der Waals surface area contributed by atoms with Gasteiger partial charge in [0.05, 0.1) is 0 Å². The Bertz CT molecular complexity index is 510. The third kappa shape index (κ3) is 9.52. The molecule has 0 radical (unpaired) electrons. The first kappa shape index (κ1) is 23.8. The first-order chi connectivity index (χ1) is 12.8. The molecule has 1 saturated heterocycles. The number of nitrogens with one attached hydrogen (secondary N) is 2. The van der Waals surface area contributed by atoms with E-state index in [0.717, 1.165) is 83.9 Å². The van der Waals surface area contributed by atoms with E-state index in [0.29, 0.717) is 0 Å². The Morgan fingerprint density at radius 3 is 2.56 bits per heavy atom. The van der Waals surface area contributed by atoms with Crippen LogP contribution < -0.4 is 15.5 Å². The summed E-state index contributed by atoms with van der Waals surface area (Å²) in [6.07, 6.45) is 4.55. The van der Waals surface area contributed by atoms with Crippen LogP contribution >= 0.6 is 24.0 Å². The van der Waals surface area contributed by atoms with Gasteiger partial charge in [0.25, 0.3) is 0 Å². The molecule has 1 aliphatic rings. The SMILES string of the molecule is CCNC(=NCCCOCC)NCCN1CCN(c2ncccn2)CC1.I. The van der Waals surface area contributed by atoms with Crippen LogP contribution in [0.25, 0.3) is 0 Å². The van der Waals surface area contributed by atoms with Gasteiger partial charge >= 0.3 is 0 Å². The molecule has 0 saturated carbocycles. The zero-order chi connectivity index (χ0) is 18.5. The van der Waals surface area contributed by atoms with Gasteiger partial charge in [0, 0.05) is 78.0 Å². The molecule has 0 spiro atoms. The Kier molecular flexibility index (Phi) is 13.1. The molecule has 0 unspecified atom stereocenters. The second-order valence-corrected chi connectivity index (χ2v) is 6.12. The van der Waals surface area contributed by atoms with Crippen molar-refractivity contribution in [3.63, 3.8) is 0 Å². The largest absolute Gasteiger partial charge is 0.382 e. The molecule has 1 aromatic rings. The summed E-state index contributed by atoms with van der Waals surface area (Å²) in [5, 5.41) is 6.71. The van der Waals surface area contributed by atoms with Gasteiger partial charge in [-0.3, -0.25) is 9.89 Å². The van der Waals surface area contributed by atoms with Crippen LogP contribution in [-0.2, 0) is 4.74 Å². The van der Waals surface area contributed by atoms with Crippen molar-refractivity contribution < 1.29 is 4.74 Å². The first-order valence-corrected chi connectivity index (χ1v) is 9.67. The standard InChI is InChI=1S/C18H33N7O.HI/c1-3-19-17(20-9-6-16-26-4-2)21-10-11-24-12-14-25(15-13-24)18-22-7-5-8-23-18;/h5,7-8H,3-4,6,9-16H2,1-2H3,(H2,19,20,21);1H. The number of nitrogens with zero attached hydrogens (tertiary/aromatic N) is 5. The summed E-state index contributed by atoms with van der Waals surface area (Å²) in [7, 11) is 0. The van der Waals surface area contributed by atoms with Crippen molar-refractivity contribution in [3.05, 3.63) is 18.5 Å². The minimum absolute atomic E-state index is 0. The second-order valence-electron chi connectivity index (χ2n) is 6.12. The lowest BCUT2D eigenvalue weighted by Gasteiger charge is -2.34. The highest BCUT2D eigenvalue weighted by molar-refractivity contribution is 14.0. The van der Waals surface area contributed by atoms with Crippen LogP contribution in [0.4, 0.5) is 5.95 Å². The zero-order valence-corrected chi connectivity index (χ0v) is 18.9. The molecule has 0 atom stereocenters. The maximum Gasteiger partial charge on any atom is 0.225 e. The number of ether oxygens (including phenoxy) is 1. The van der Waals surface area contributed by atoms with Crippen molar-refractivity contribution in [2.75, 3.05) is 70.5 Å². The van der Waals surface area contributed by atoms with Crippen LogP contribution in [0.1, 0.15) is 20.3 Å². The number of halogens is 1. The Morgan fingerprint density at radius 2 is 1.89 bits per heavy atom. The molecule has 2 rings (SSSR count). The predicted octanol–water partition coefficient (Wildman–Crippen LogP) is 1.20. The van der Waals surface area contributed by atoms with Crippen LogP contribution in [0.3, 0.4) is 0 Å². The molecule has 9 heteroatoms. The molecular weight excluding hydrogens is 457 g/mol. The van der Waals surface area contributed by atoms with Gasteiger partial charge in [-0.2, -0.15) is 0 Å². The number of aliphatic imine (C=N–C) groups is 1. The average molecular weight is 491 g/mol. The summed E-state index contributed by atoms with van der Waals surface area (Å²) in [4.78, 5) is 18.0. The van der Waals surface area contributed by atoms with Crippen LogP contribution in [0.5, 0.6) is 0 Å². The van der Waals surface area contributed by atoms with Gasteiger partial charge in [0.1, 0.15) is 0 Å². The normalized spacial score (nSPS) is 15.3. The van der Waals surface area contributed by atoms with Crippen LogP contribution in [0, 0.1) is 0 Å². The van der Waals surface area contributed by atoms with E-state index in [9.17, 15) is 0 Å². The van der Waals surface area contributed by atoms with E-state index in [4.69, 9.17) is 4.74 Å². The van der Waals surface area contributed by atoms with E-state index in [1.807, 2.05) is 13.0 Å². The Balaban J connectivity index is 0.00000364. The summed E-state index contributed by atoms with van der Waals surface area (Å²) in [5.74, 6) is 1.72. The average Bonchev–Trinajstić information content (AvgIpc) is 2.69. The zero-order valence-electron chi connectivity index (χ0n) is 16.6. The summed E-state index contributed by atoms with van der Waals surface area (Å²) in [5.41, 5.74) is 0. The van der Waals surface area contributed by atoms with Crippen molar-refractivity contribution in [1.29, 1.82) is 0 Å². The highest BCUT2D eigenvalue weighted by atomic mass is 127. The number of rotatable bonds is 10. The number of anilines is 1. The van der Waals surface area contributed by atoms with Gasteiger partial charge in [-0.15, -0.1) is 24.0 Å². The number of hydrogen-bond acceptors (Lipinski definition) is 6. The number of guanidine groups is 1. The highest BCUT2D eigenvalue weighted by Crippen LogP contribution is 2.08. The van der Waals surface area contributed by atoms with Crippen molar-refractivity contribution in [3.8, 4) is 0 Å². The second kappa shape index (κ2) is 14.8. The van der Waals surface area contributed by atoms with E-state index in [-0.39, 0.29) is 24.0 Å². The maximum atomic E-state index is 5.35. The predicted molar refractivity (Wildman–Crippen MR) is 121 cm³/mol. The van der Waals surface area contributed by atoms with Gasteiger partial charge in [-0.05, 0) is 26.3 Å². The van der Waals surface area contributed by atoms with Gasteiger partial charge in [-0.1, -0.05) is 0 Å². The Morgan fingerprint density at radius 1 is 1.15 bits per heavy atom. The Labute approximate surface area is 180 Å². The monoisotopic (exact) mass is 491 g/mol. The molecule has 1 fully saturated rings. The summed E-state index contributed by atoms with van der Waals surface area (Å²) >= 11 is 0. The molecule has 2 heterocycles. The van der Waals surface area contributed by atoms with Crippen molar-refractivity contribution in [1.82, 2.24) is 25.5 Å². The summed E-state index contributed by atoms with van der Waals surface area (Å²) < 4.78 is 5.35. The number of aromatic nitrogens is 2. The quantitative estimate of drug-likeness (QED) is 0.221. The molecular formula is C18H34IN7O. The van der Waals surface area contributed by atoms with E-state index in [1.165, 1.54) is 0 Å². The van der Waals surface area contributed by atoms with Gasteiger partial charge < -0.3 is 20.3 Å². The van der Waals surface area contributed by atoms with E-state index < -0.39 is 0 Å². The number of piperazine rings is 1. The van der Waals surface area contributed by atoms with Crippen molar-refractivity contribution in [2.45, 2.75) is 20.3 Å². The van der Waals surface area contributed by atoms with Crippen LogP contribution in [-0.4, -0.2) is 86.4 Å². The van der Waals surface area contributed by atoms with Crippen molar-refractivity contribution >= 4 is 35.9 Å². The fraction of sp³-hybridized carbons (Fsp3) is 0.722. The molecule has 0 aromatic carbocycles. The highest BCUT2D eigenvalue weighted by Gasteiger charge is 2.18. The van der Waals surface area contributed by atoms with E-state index in [2.05, 4.69) is 42.3 Å². The molecule has 1 aliphatic heterocycles. The Hall–Kier alpha value is -1.20. The first-order valence-electron chi connectivity index (χ1n) is 9.67. The lowest BCUT2D eigenvalue weighted by Crippen LogP contribution is -2.49. The third-order valence-corrected chi connectivity index (χ3v) is 4.19. The molecule has 0 bridgehead atoms. The number of hydrogen-bond donors (Lipinski definition) is 2. The van der Waals surface area contributed by atoms with Crippen LogP contribution in [0.2, 0.25) is 0 Å². The van der Waals surface area contributed by atoms with Crippen molar-refractivity contribution in [2.24, 2.45) is 4.99 Å². The molecule has 1 aromatic heterocycles. The molecule has 8 nitrogen and oxygen atoms in total. The molecule has 0 aliphatic carbocycles. The summed E-state index contributed by atoms with van der Waals surface area (Å²) in [6.45, 7) is 13.2. The summed E-state index contributed by atoms with van der Waals surface area (Å²) in [6, 6.07) is 1.85. The fourth-order valence-corrected chi connectivity index (χ4v) is 2.80. The van der Waals surface area contributed by atoms with E-state index >= 15 is 0 Å². The lowest BCUT2D eigenvalue weighted by atomic mass is 10.3. The third-order valence-electron chi connectivity index (χ3n) is 4.19. The maximum absolute atomic E-state index is 5.35. The fourth-order valence-electron chi connectivity index (χ4n) is 2.80. The van der Waals surface area contributed by atoms with E-state index in [1.54, 1.807) is 12.4 Å². The van der Waals surface area contributed by atoms with Gasteiger partial charge in [0.2, 0.25) is 5.95 Å². The topological polar surface area (TPSA) is 77.9 Å². The molecule has 154 valence electrons. The molecule has 2 N–H and O–H groups in total. The van der Waals surface area contributed by atoms with Crippen LogP contribution in [0.15, 0.2) is 23.5 Å². The minimum Gasteiger partial charge on any atom is -0.382 e. The molecule has 0 amide bonds. The lowest BCUT2D eigenvalue weighted by molar-refractivity contribution is 0.146. The van der Waals surface area contributed by atoms with Gasteiger partial charge in [0.15, 0.2) is 5.96 Å². The van der Waals surface area contributed by atoms with Gasteiger partial charge in [-0.25, -0.2) is 9.97 Å². The molecule has 27 heavy (non-hydrogen) atoms.